The normalized spacial score (nSPS) is 11.3. The molecule has 1 N–H and O–H groups in total. The quantitative estimate of drug-likeness (QED) is 0.828. The molecule has 2 aromatic rings. The Morgan fingerprint density at radius 2 is 1.83 bits per heavy atom. The highest BCUT2D eigenvalue weighted by Crippen LogP contribution is 2.30. The van der Waals surface area contributed by atoms with Gasteiger partial charge in [-0.25, -0.2) is 0 Å². The van der Waals surface area contributed by atoms with Crippen molar-refractivity contribution in [2.75, 3.05) is 0 Å². The van der Waals surface area contributed by atoms with Gasteiger partial charge in [0.15, 0.2) is 0 Å². The zero-order chi connectivity index (χ0) is 13.0. The third-order valence-electron chi connectivity index (χ3n) is 2.82. The van der Waals surface area contributed by atoms with Crippen molar-refractivity contribution in [1.29, 1.82) is 0 Å². The third kappa shape index (κ3) is 2.33. The highest BCUT2D eigenvalue weighted by atomic mass is 16.3. The SMILES string of the molecule is C/C=C(/c1ccccc1)c1cc(C=O)ccc1O. The van der Waals surface area contributed by atoms with Gasteiger partial charge in [0.25, 0.3) is 0 Å². The molecule has 90 valence electrons. The van der Waals surface area contributed by atoms with Crippen molar-refractivity contribution >= 4 is 11.9 Å². The molecule has 0 fully saturated rings. The van der Waals surface area contributed by atoms with Crippen LogP contribution in [0.4, 0.5) is 0 Å². The van der Waals surface area contributed by atoms with Crippen molar-refractivity contribution in [2.45, 2.75) is 6.92 Å². The van der Waals surface area contributed by atoms with E-state index in [-0.39, 0.29) is 5.75 Å². The van der Waals surface area contributed by atoms with Crippen LogP contribution in [0, 0.1) is 0 Å². The van der Waals surface area contributed by atoms with E-state index < -0.39 is 0 Å². The fourth-order valence-corrected chi connectivity index (χ4v) is 1.94. The molecule has 0 radical (unpaired) electrons. The molecule has 0 saturated heterocycles. The van der Waals surface area contributed by atoms with Gasteiger partial charge in [0.1, 0.15) is 12.0 Å². The lowest BCUT2D eigenvalue weighted by molar-refractivity contribution is 0.112. The van der Waals surface area contributed by atoms with E-state index in [2.05, 4.69) is 0 Å². The lowest BCUT2D eigenvalue weighted by Gasteiger charge is -2.10. The highest BCUT2D eigenvalue weighted by molar-refractivity contribution is 5.86. The Morgan fingerprint density at radius 1 is 1.11 bits per heavy atom. The molecule has 0 amide bonds. The summed E-state index contributed by atoms with van der Waals surface area (Å²) in [6.07, 6.45) is 2.71. The van der Waals surface area contributed by atoms with Gasteiger partial charge in [0.2, 0.25) is 0 Å². The van der Waals surface area contributed by atoms with Gasteiger partial charge in [0.05, 0.1) is 0 Å². The number of phenols is 1. The van der Waals surface area contributed by atoms with Crippen molar-refractivity contribution in [3.8, 4) is 5.75 Å². The number of hydrogen-bond acceptors (Lipinski definition) is 2. The second-order valence-corrected chi connectivity index (χ2v) is 3.96. The van der Waals surface area contributed by atoms with Crippen molar-refractivity contribution in [2.24, 2.45) is 0 Å². The first-order chi connectivity index (χ1) is 8.76. The fraction of sp³-hybridized carbons (Fsp3) is 0.0625. The van der Waals surface area contributed by atoms with Gasteiger partial charge in [-0.15, -0.1) is 0 Å². The number of carbonyl (C=O) groups excluding carboxylic acids is 1. The predicted molar refractivity (Wildman–Crippen MR) is 72.7 cm³/mol. The second kappa shape index (κ2) is 5.32. The zero-order valence-corrected chi connectivity index (χ0v) is 10.1. The van der Waals surface area contributed by atoms with Gasteiger partial charge in [-0.1, -0.05) is 36.4 Å². The average molecular weight is 238 g/mol. The van der Waals surface area contributed by atoms with Gasteiger partial charge in [0, 0.05) is 11.1 Å². The molecular weight excluding hydrogens is 224 g/mol. The first-order valence-electron chi connectivity index (χ1n) is 5.76. The summed E-state index contributed by atoms with van der Waals surface area (Å²) in [7, 11) is 0. The van der Waals surface area contributed by atoms with Gasteiger partial charge in [-0.2, -0.15) is 0 Å². The summed E-state index contributed by atoms with van der Waals surface area (Å²) in [6.45, 7) is 1.91. The lowest BCUT2D eigenvalue weighted by atomic mass is 9.96. The zero-order valence-electron chi connectivity index (χ0n) is 10.1. The highest BCUT2D eigenvalue weighted by Gasteiger charge is 2.09. The van der Waals surface area contributed by atoms with Gasteiger partial charge in [-0.3, -0.25) is 4.79 Å². The summed E-state index contributed by atoms with van der Waals surface area (Å²) in [5.41, 5.74) is 3.15. The molecule has 0 saturated carbocycles. The van der Waals surface area contributed by atoms with Crippen LogP contribution in [0.15, 0.2) is 54.6 Å². The van der Waals surface area contributed by atoms with Crippen LogP contribution in [0.3, 0.4) is 0 Å². The van der Waals surface area contributed by atoms with Crippen LogP contribution in [0.5, 0.6) is 5.75 Å². The van der Waals surface area contributed by atoms with E-state index in [1.165, 1.54) is 0 Å². The number of aromatic hydroxyl groups is 1. The van der Waals surface area contributed by atoms with Gasteiger partial charge >= 0.3 is 0 Å². The molecule has 2 aromatic carbocycles. The van der Waals surface area contributed by atoms with Crippen molar-refractivity contribution in [3.05, 3.63) is 71.3 Å². The smallest absolute Gasteiger partial charge is 0.150 e. The summed E-state index contributed by atoms with van der Waals surface area (Å²) in [6, 6.07) is 14.6. The molecular formula is C16H14O2. The minimum Gasteiger partial charge on any atom is -0.507 e. The second-order valence-electron chi connectivity index (χ2n) is 3.96. The number of hydrogen-bond donors (Lipinski definition) is 1. The average Bonchev–Trinajstić information content (AvgIpc) is 2.43. The van der Waals surface area contributed by atoms with E-state index in [4.69, 9.17) is 0 Å². The number of rotatable bonds is 3. The molecule has 0 aromatic heterocycles. The molecule has 2 nitrogen and oxygen atoms in total. The number of benzene rings is 2. The Bertz CT molecular complexity index is 583. The van der Waals surface area contributed by atoms with Crippen molar-refractivity contribution < 1.29 is 9.90 Å². The largest absolute Gasteiger partial charge is 0.507 e. The monoisotopic (exact) mass is 238 g/mol. The Kier molecular flexibility index (Phi) is 3.58. The fourth-order valence-electron chi connectivity index (χ4n) is 1.94. The maximum Gasteiger partial charge on any atom is 0.150 e. The molecule has 0 aliphatic rings. The van der Waals surface area contributed by atoms with Crippen LogP contribution in [-0.4, -0.2) is 11.4 Å². The van der Waals surface area contributed by atoms with E-state index >= 15 is 0 Å². The molecule has 0 spiro atoms. The van der Waals surface area contributed by atoms with Crippen molar-refractivity contribution in [3.63, 3.8) is 0 Å². The standard InChI is InChI=1S/C16H14O2/c1-2-14(13-6-4-3-5-7-13)15-10-12(11-17)8-9-16(15)18/h2-11,18H,1H3/b14-2-. The topological polar surface area (TPSA) is 37.3 Å². The first-order valence-corrected chi connectivity index (χ1v) is 5.76. The van der Waals surface area contributed by atoms with Crippen LogP contribution in [0.1, 0.15) is 28.4 Å². The Morgan fingerprint density at radius 3 is 2.44 bits per heavy atom. The maximum absolute atomic E-state index is 10.8. The van der Waals surface area contributed by atoms with E-state index in [0.29, 0.717) is 11.1 Å². The van der Waals surface area contributed by atoms with Crippen LogP contribution >= 0.6 is 0 Å². The van der Waals surface area contributed by atoms with E-state index in [0.717, 1.165) is 17.4 Å². The van der Waals surface area contributed by atoms with Crippen molar-refractivity contribution in [1.82, 2.24) is 0 Å². The Balaban J connectivity index is 2.56. The molecule has 0 unspecified atom stereocenters. The van der Waals surface area contributed by atoms with Gasteiger partial charge < -0.3 is 5.11 Å². The molecule has 0 bridgehead atoms. The summed E-state index contributed by atoms with van der Waals surface area (Å²) in [5.74, 6) is 0.178. The summed E-state index contributed by atoms with van der Waals surface area (Å²) < 4.78 is 0. The lowest BCUT2D eigenvalue weighted by Crippen LogP contribution is -1.90. The van der Waals surface area contributed by atoms with E-state index in [1.54, 1.807) is 18.2 Å². The number of allylic oxidation sites excluding steroid dienone is 1. The summed E-state index contributed by atoms with van der Waals surface area (Å²) in [4.78, 5) is 10.8. The molecule has 0 aliphatic carbocycles. The minimum absolute atomic E-state index is 0.178. The molecule has 2 heteroatoms. The van der Waals surface area contributed by atoms with Crippen LogP contribution in [0.25, 0.3) is 5.57 Å². The van der Waals surface area contributed by atoms with Crippen LogP contribution in [0.2, 0.25) is 0 Å². The Labute approximate surface area is 106 Å². The van der Waals surface area contributed by atoms with Crippen LogP contribution in [-0.2, 0) is 0 Å². The minimum atomic E-state index is 0.178. The maximum atomic E-state index is 10.8. The predicted octanol–water partition coefficient (Wildman–Crippen LogP) is 3.66. The van der Waals surface area contributed by atoms with Crippen LogP contribution < -0.4 is 0 Å². The first kappa shape index (κ1) is 12.1. The van der Waals surface area contributed by atoms with Gasteiger partial charge in [-0.05, 0) is 36.3 Å². The van der Waals surface area contributed by atoms with E-state index in [1.807, 2.05) is 43.3 Å². The molecule has 0 heterocycles. The third-order valence-corrected chi connectivity index (χ3v) is 2.82. The summed E-state index contributed by atoms with van der Waals surface area (Å²) >= 11 is 0. The number of aldehydes is 1. The molecule has 2 rings (SSSR count). The molecule has 0 atom stereocenters. The summed E-state index contributed by atoms with van der Waals surface area (Å²) in [5, 5.41) is 9.94. The Hall–Kier alpha value is -2.35. The molecule has 18 heavy (non-hydrogen) atoms. The number of phenolic OH excluding ortho intramolecular Hbond substituents is 1. The molecule has 0 aliphatic heterocycles. The number of carbonyl (C=O) groups is 1. The van der Waals surface area contributed by atoms with E-state index in [9.17, 15) is 9.90 Å².